The van der Waals surface area contributed by atoms with E-state index in [-0.39, 0.29) is 31.0 Å². The van der Waals surface area contributed by atoms with Crippen molar-refractivity contribution in [3.05, 3.63) is 24.5 Å². The number of likely N-dealkylation sites (tertiary alicyclic amines) is 1. The summed E-state index contributed by atoms with van der Waals surface area (Å²) in [5, 5.41) is 9.99. The number of anilines is 1. The van der Waals surface area contributed by atoms with Crippen LogP contribution in [0, 0.1) is 5.41 Å². The molecule has 0 bridgehead atoms. The number of nitrogens with one attached hydrogen (secondary N) is 1. The van der Waals surface area contributed by atoms with Gasteiger partial charge in [0.15, 0.2) is 0 Å². The number of unbranched alkanes of at least 4 members (excludes halogenated alkanes) is 1. The maximum Gasteiger partial charge on any atom is 0.312 e. The highest BCUT2D eigenvalue weighted by Crippen LogP contribution is 2.43. The molecule has 1 unspecified atom stereocenters. The second-order valence-corrected chi connectivity index (χ2v) is 8.21. The van der Waals surface area contributed by atoms with E-state index in [1.165, 1.54) is 0 Å². The molecular weight excluding hydrogens is 400 g/mol. The molecule has 172 valence electrons. The molecule has 1 amide bonds. The molecule has 0 radical (unpaired) electrons. The SMILES string of the molecule is CCCCN(C)CC1CC2(CCN(C(=O)CNc3cccnc3)CC2)C(=O)O1.O=CO. The summed E-state index contributed by atoms with van der Waals surface area (Å²) in [6, 6.07) is 3.72. The summed E-state index contributed by atoms with van der Waals surface area (Å²) in [7, 11) is 2.09. The Kier molecular flexibility index (Phi) is 9.71. The van der Waals surface area contributed by atoms with E-state index in [4.69, 9.17) is 14.6 Å². The van der Waals surface area contributed by atoms with Gasteiger partial charge in [-0.05, 0) is 45.0 Å². The van der Waals surface area contributed by atoms with E-state index in [0.717, 1.165) is 38.0 Å². The van der Waals surface area contributed by atoms with Gasteiger partial charge < -0.3 is 25.0 Å². The molecule has 0 aromatic carbocycles. The molecule has 0 saturated carbocycles. The highest BCUT2D eigenvalue weighted by Gasteiger charge is 2.50. The predicted octanol–water partition coefficient (Wildman–Crippen LogP) is 1.85. The molecule has 31 heavy (non-hydrogen) atoms. The molecule has 9 nitrogen and oxygen atoms in total. The number of cyclic esters (lactones) is 1. The second-order valence-electron chi connectivity index (χ2n) is 8.21. The van der Waals surface area contributed by atoms with Crippen LogP contribution in [0.5, 0.6) is 0 Å². The molecular formula is C22H34N4O5. The van der Waals surface area contributed by atoms with Gasteiger partial charge in [-0.3, -0.25) is 19.4 Å². The minimum Gasteiger partial charge on any atom is -0.483 e. The molecule has 3 rings (SSSR count). The number of ether oxygens (including phenoxy) is 1. The smallest absolute Gasteiger partial charge is 0.312 e. The van der Waals surface area contributed by atoms with Gasteiger partial charge in [-0.2, -0.15) is 0 Å². The summed E-state index contributed by atoms with van der Waals surface area (Å²) < 4.78 is 5.70. The van der Waals surface area contributed by atoms with Crippen LogP contribution < -0.4 is 5.32 Å². The maximum absolute atomic E-state index is 12.6. The van der Waals surface area contributed by atoms with Crippen molar-refractivity contribution < 1.29 is 24.2 Å². The van der Waals surface area contributed by atoms with Crippen LogP contribution in [0.25, 0.3) is 0 Å². The van der Waals surface area contributed by atoms with Crippen LogP contribution in [-0.2, 0) is 19.1 Å². The lowest BCUT2D eigenvalue weighted by Gasteiger charge is -2.36. The zero-order valence-corrected chi connectivity index (χ0v) is 18.5. The highest BCUT2D eigenvalue weighted by atomic mass is 16.6. The number of piperidine rings is 1. The van der Waals surface area contributed by atoms with Gasteiger partial charge in [-0.1, -0.05) is 13.3 Å². The molecule has 9 heteroatoms. The molecule has 1 aromatic heterocycles. The fraction of sp³-hybridized carbons (Fsp3) is 0.636. The first-order chi connectivity index (χ1) is 14.9. The van der Waals surface area contributed by atoms with Crippen LogP contribution in [-0.4, -0.2) is 84.1 Å². The number of hydrogen-bond donors (Lipinski definition) is 2. The lowest BCUT2D eigenvalue weighted by Crippen LogP contribution is -2.46. The van der Waals surface area contributed by atoms with Gasteiger partial charge in [0.1, 0.15) is 6.10 Å². The third-order valence-corrected chi connectivity index (χ3v) is 5.91. The van der Waals surface area contributed by atoms with E-state index in [2.05, 4.69) is 29.2 Å². The van der Waals surface area contributed by atoms with Crippen LogP contribution in [0.1, 0.15) is 39.0 Å². The first-order valence-corrected chi connectivity index (χ1v) is 10.8. The van der Waals surface area contributed by atoms with E-state index < -0.39 is 5.41 Å². The summed E-state index contributed by atoms with van der Waals surface area (Å²) in [5.41, 5.74) is 0.433. The van der Waals surface area contributed by atoms with E-state index >= 15 is 0 Å². The average Bonchev–Trinajstić information content (AvgIpc) is 3.06. The van der Waals surface area contributed by atoms with Crippen LogP contribution in [0.15, 0.2) is 24.5 Å². The van der Waals surface area contributed by atoms with Crippen LogP contribution in [0.4, 0.5) is 5.69 Å². The van der Waals surface area contributed by atoms with Gasteiger partial charge in [0.25, 0.3) is 6.47 Å². The van der Waals surface area contributed by atoms with Crippen LogP contribution >= 0.6 is 0 Å². The van der Waals surface area contributed by atoms with E-state index in [0.29, 0.717) is 25.9 Å². The summed E-state index contributed by atoms with van der Waals surface area (Å²) in [6.45, 7) is 5.23. The fourth-order valence-electron chi connectivity index (χ4n) is 4.16. The number of aromatic nitrogens is 1. The highest BCUT2D eigenvalue weighted by molar-refractivity contribution is 5.82. The summed E-state index contributed by atoms with van der Waals surface area (Å²) in [5.74, 6) is -0.0112. The summed E-state index contributed by atoms with van der Waals surface area (Å²) in [4.78, 5) is 41.6. The first kappa shape index (κ1) is 24.6. The molecule has 2 saturated heterocycles. The fourth-order valence-corrected chi connectivity index (χ4v) is 4.16. The summed E-state index contributed by atoms with van der Waals surface area (Å²) in [6.07, 6.45) is 7.86. The molecule has 1 spiro atoms. The van der Waals surface area contributed by atoms with Crippen molar-refractivity contribution in [2.45, 2.75) is 45.1 Å². The van der Waals surface area contributed by atoms with Gasteiger partial charge in [0, 0.05) is 38.4 Å². The van der Waals surface area contributed by atoms with Crippen molar-refractivity contribution >= 4 is 24.0 Å². The molecule has 0 aliphatic carbocycles. The van der Waals surface area contributed by atoms with Crippen LogP contribution in [0.2, 0.25) is 0 Å². The summed E-state index contributed by atoms with van der Waals surface area (Å²) >= 11 is 0. The zero-order chi connectivity index (χ0) is 22.7. The molecule has 2 fully saturated rings. The monoisotopic (exact) mass is 434 g/mol. The largest absolute Gasteiger partial charge is 0.483 e. The predicted molar refractivity (Wildman–Crippen MR) is 117 cm³/mol. The number of carbonyl (C=O) groups excluding carboxylic acids is 2. The number of rotatable bonds is 8. The zero-order valence-electron chi connectivity index (χ0n) is 18.5. The first-order valence-electron chi connectivity index (χ1n) is 10.8. The molecule has 3 heterocycles. The molecule has 1 atom stereocenters. The van der Waals surface area contributed by atoms with Crippen molar-refractivity contribution in [3.8, 4) is 0 Å². The Hall–Kier alpha value is -2.68. The maximum atomic E-state index is 12.6. The third kappa shape index (κ3) is 7.20. The van der Waals surface area contributed by atoms with Crippen molar-refractivity contribution in [3.63, 3.8) is 0 Å². The van der Waals surface area contributed by atoms with E-state index in [9.17, 15) is 9.59 Å². The molecule has 2 N–H and O–H groups in total. The molecule has 2 aliphatic rings. The van der Waals surface area contributed by atoms with Crippen molar-refractivity contribution in [2.75, 3.05) is 45.1 Å². The number of likely N-dealkylation sites (N-methyl/N-ethyl adjacent to an activating group) is 1. The topological polar surface area (TPSA) is 112 Å². The Morgan fingerprint density at radius 2 is 2.16 bits per heavy atom. The van der Waals surface area contributed by atoms with Gasteiger partial charge in [0.05, 0.1) is 17.6 Å². The van der Waals surface area contributed by atoms with Crippen molar-refractivity contribution in [1.29, 1.82) is 0 Å². The Morgan fingerprint density at radius 1 is 1.45 bits per heavy atom. The van der Waals surface area contributed by atoms with Gasteiger partial charge in [0.2, 0.25) is 5.91 Å². The minimum atomic E-state index is -0.399. The Balaban J connectivity index is 0.00000107. The van der Waals surface area contributed by atoms with E-state index in [1.54, 1.807) is 12.4 Å². The Morgan fingerprint density at radius 3 is 2.77 bits per heavy atom. The number of carboxylic acid groups (broad SMARTS) is 1. The Bertz CT molecular complexity index is 707. The molecule has 2 aliphatic heterocycles. The average molecular weight is 435 g/mol. The van der Waals surface area contributed by atoms with Gasteiger partial charge in [-0.15, -0.1) is 0 Å². The van der Waals surface area contributed by atoms with Crippen molar-refractivity contribution in [1.82, 2.24) is 14.8 Å². The minimum absolute atomic E-state index is 0.0242. The molecule has 1 aromatic rings. The van der Waals surface area contributed by atoms with Crippen LogP contribution in [0.3, 0.4) is 0 Å². The number of carbonyl (C=O) groups is 3. The second kappa shape index (κ2) is 12.2. The number of nitrogens with zero attached hydrogens (tertiary/aromatic N) is 3. The lowest BCUT2D eigenvalue weighted by molar-refractivity contribution is -0.152. The van der Waals surface area contributed by atoms with Gasteiger partial charge >= 0.3 is 5.97 Å². The number of esters is 1. The standard InChI is InChI=1S/C21H32N4O3.CH2O2/c1-3-4-10-24(2)16-18-13-21(20(27)28-18)7-11-25(12-8-21)19(26)15-23-17-6-5-9-22-14-17;2-1-3/h5-6,9,14,18,23H,3-4,7-8,10-13,15-16H2,1-2H3;1H,(H,2,3). The quantitative estimate of drug-likeness (QED) is 0.471. The number of amides is 1. The number of pyridine rings is 1. The van der Waals surface area contributed by atoms with Crippen molar-refractivity contribution in [2.24, 2.45) is 5.41 Å². The lowest BCUT2D eigenvalue weighted by atomic mass is 9.76. The van der Waals surface area contributed by atoms with E-state index in [1.807, 2.05) is 17.0 Å². The normalized spacial score (nSPS) is 19.5. The Labute approximate surface area is 183 Å². The van der Waals surface area contributed by atoms with Gasteiger partial charge in [-0.25, -0.2) is 0 Å². The third-order valence-electron chi connectivity index (χ3n) is 5.91. The number of hydrogen-bond acceptors (Lipinski definition) is 7.